The topological polar surface area (TPSA) is 69.7 Å². The number of benzene rings is 2. The van der Waals surface area contributed by atoms with Gasteiger partial charge in [0.25, 0.3) is 0 Å². The van der Waals surface area contributed by atoms with E-state index in [0.29, 0.717) is 19.4 Å². The van der Waals surface area contributed by atoms with Crippen LogP contribution in [0.5, 0.6) is 0 Å². The molecular formula is C23H28FN3O3S. The third kappa shape index (κ3) is 4.91. The number of nitrogens with zero attached hydrogens (tertiary/aromatic N) is 2. The van der Waals surface area contributed by atoms with E-state index in [-0.39, 0.29) is 29.7 Å². The number of hydrogen-bond donors (Lipinski definition) is 1. The number of halogens is 1. The largest absolute Gasteiger partial charge is 0.325 e. The van der Waals surface area contributed by atoms with Crippen LogP contribution < -0.4 is 4.72 Å². The lowest BCUT2D eigenvalue weighted by Gasteiger charge is -2.38. The molecule has 0 aliphatic carbocycles. The van der Waals surface area contributed by atoms with Crippen LogP contribution >= 0.6 is 0 Å². The summed E-state index contributed by atoms with van der Waals surface area (Å²) in [6.07, 6.45) is 2.12. The number of carbonyl (C=O) groups excluding carboxylic acids is 1. The molecule has 8 heteroatoms. The van der Waals surface area contributed by atoms with Crippen LogP contribution in [0.1, 0.15) is 25.3 Å². The molecule has 2 aliphatic heterocycles. The summed E-state index contributed by atoms with van der Waals surface area (Å²) in [5, 5.41) is 0. The fourth-order valence-corrected chi connectivity index (χ4v) is 5.17. The quantitative estimate of drug-likeness (QED) is 0.742. The van der Waals surface area contributed by atoms with Gasteiger partial charge in [0.15, 0.2) is 0 Å². The van der Waals surface area contributed by atoms with Gasteiger partial charge in [0, 0.05) is 25.7 Å². The molecule has 2 aromatic rings. The molecule has 0 saturated carbocycles. The number of hydrogen-bond acceptors (Lipinski definition) is 3. The number of rotatable bonds is 6. The summed E-state index contributed by atoms with van der Waals surface area (Å²) < 4.78 is 40.9. The molecule has 31 heavy (non-hydrogen) atoms. The van der Waals surface area contributed by atoms with Crippen molar-refractivity contribution in [2.45, 2.75) is 38.3 Å². The van der Waals surface area contributed by atoms with Crippen LogP contribution in [0.15, 0.2) is 48.5 Å². The molecule has 0 spiro atoms. The summed E-state index contributed by atoms with van der Waals surface area (Å²) >= 11 is 0. The van der Waals surface area contributed by atoms with Crippen LogP contribution in [0.2, 0.25) is 0 Å². The molecule has 2 amide bonds. The van der Waals surface area contributed by atoms with Crippen molar-refractivity contribution in [3.63, 3.8) is 0 Å². The van der Waals surface area contributed by atoms with Gasteiger partial charge in [-0.15, -0.1) is 0 Å². The predicted octanol–water partition coefficient (Wildman–Crippen LogP) is 3.24. The Morgan fingerprint density at radius 1 is 1.10 bits per heavy atom. The minimum absolute atomic E-state index is 0.00531. The number of likely N-dealkylation sites (tertiary alicyclic amines) is 2. The Labute approximate surface area is 183 Å². The molecule has 2 aromatic carbocycles. The average molecular weight is 446 g/mol. The summed E-state index contributed by atoms with van der Waals surface area (Å²) in [7, 11) is -3.39. The molecule has 2 fully saturated rings. The van der Waals surface area contributed by atoms with E-state index in [4.69, 9.17) is 0 Å². The Hall–Kier alpha value is -2.45. The van der Waals surface area contributed by atoms with Crippen LogP contribution in [-0.2, 0) is 16.4 Å². The van der Waals surface area contributed by atoms with Gasteiger partial charge in [-0.05, 0) is 55.0 Å². The molecule has 0 unspecified atom stereocenters. The van der Waals surface area contributed by atoms with E-state index in [2.05, 4.69) is 4.72 Å². The summed E-state index contributed by atoms with van der Waals surface area (Å²) in [6, 6.07) is 13.6. The third-order valence-corrected chi connectivity index (χ3v) is 7.58. The predicted molar refractivity (Wildman–Crippen MR) is 119 cm³/mol. The molecule has 2 heterocycles. The maximum absolute atomic E-state index is 13.7. The lowest BCUT2D eigenvalue weighted by atomic mass is 9.97. The van der Waals surface area contributed by atoms with E-state index in [1.165, 1.54) is 12.1 Å². The van der Waals surface area contributed by atoms with Crippen LogP contribution in [0.4, 0.5) is 9.18 Å². The number of carbonyl (C=O) groups is 1. The van der Waals surface area contributed by atoms with E-state index in [1.54, 1.807) is 13.0 Å². The summed E-state index contributed by atoms with van der Waals surface area (Å²) in [5.41, 5.74) is 2.65. The molecule has 0 radical (unpaired) electrons. The first-order valence-corrected chi connectivity index (χ1v) is 12.4. The average Bonchev–Trinajstić information content (AvgIpc) is 3.08. The molecule has 4 rings (SSSR count). The lowest BCUT2D eigenvalue weighted by Crippen LogP contribution is -2.54. The van der Waals surface area contributed by atoms with Crippen molar-refractivity contribution < 1.29 is 17.6 Å². The van der Waals surface area contributed by atoms with Crippen molar-refractivity contribution in [1.29, 1.82) is 0 Å². The Balaban J connectivity index is 1.59. The smallest absolute Gasteiger partial charge is 0.320 e. The maximum atomic E-state index is 13.7. The zero-order valence-electron chi connectivity index (χ0n) is 17.6. The van der Waals surface area contributed by atoms with Crippen molar-refractivity contribution in [1.82, 2.24) is 14.5 Å². The summed E-state index contributed by atoms with van der Waals surface area (Å²) in [4.78, 5) is 16.6. The molecule has 6 nitrogen and oxygen atoms in total. The van der Waals surface area contributed by atoms with Gasteiger partial charge in [-0.2, -0.15) is 0 Å². The van der Waals surface area contributed by atoms with Gasteiger partial charge in [0.2, 0.25) is 10.0 Å². The van der Waals surface area contributed by atoms with Crippen molar-refractivity contribution in [2.75, 3.05) is 25.4 Å². The van der Waals surface area contributed by atoms with Crippen molar-refractivity contribution >= 4 is 16.1 Å². The van der Waals surface area contributed by atoms with E-state index >= 15 is 0 Å². The van der Waals surface area contributed by atoms with Crippen molar-refractivity contribution in [2.24, 2.45) is 0 Å². The molecule has 2 saturated heterocycles. The van der Waals surface area contributed by atoms with Gasteiger partial charge in [-0.3, -0.25) is 0 Å². The van der Waals surface area contributed by atoms with E-state index in [9.17, 15) is 17.6 Å². The van der Waals surface area contributed by atoms with Gasteiger partial charge >= 0.3 is 6.03 Å². The fourth-order valence-electron chi connectivity index (χ4n) is 4.27. The van der Waals surface area contributed by atoms with Crippen LogP contribution in [0.25, 0.3) is 11.1 Å². The zero-order valence-corrected chi connectivity index (χ0v) is 18.4. The van der Waals surface area contributed by atoms with E-state index in [0.717, 1.165) is 36.2 Å². The lowest BCUT2D eigenvalue weighted by molar-refractivity contribution is 0.120. The van der Waals surface area contributed by atoms with Crippen molar-refractivity contribution in [3.05, 3.63) is 59.9 Å². The Kier molecular flexibility index (Phi) is 6.29. The van der Waals surface area contributed by atoms with E-state index in [1.807, 2.05) is 40.1 Å². The molecular weight excluding hydrogens is 417 g/mol. The highest BCUT2D eigenvalue weighted by Gasteiger charge is 2.41. The van der Waals surface area contributed by atoms with Gasteiger partial charge in [0.05, 0.1) is 11.8 Å². The number of amides is 2. The summed E-state index contributed by atoms with van der Waals surface area (Å²) in [5.74, 6) is -0.287. The molecule has 2 atom stereocenters. The first-order valence-electron chi connectivity index (χ1n) is 10.8. The minimum atomic E-state index is -3.39. The second-order valence-electron chi connectivity index (χ2n) is 8.22. The standard InChI is InChI=1S/C23H28FN3O3S/c1-2-31(29,30)25-21-10-13-27(23(28)26-11-5-12-26)22(21)15-17-6-3-7-18(14-17)19-8-4-9-20(24)16-19/h3-4,6-9,14,16,21-22,25H,2,5,10-13,15H2,1H3/t21-,22-/m0/s1. The van der Waals surface area contributed by atoms with Gasteiger partial charge in [-0.1, -0.05) is 36.4 Å². The minimum Gasteiger partial charge on any atom is -0.325 e. The molecule has 2 aliphatic rings. The van der Waals surface area contributed by atoms with Crippen LogP contribution in [0.3, 0.4) is 0 Å². The fraction of sp³-hybridized carbons (Fsp3) is 0.435. The van der Waals surface area contributed by atoms with Gasteiger partial charge in [0.1, 0.15) is 5.82 Å². The Morgan fingerprint density at radius 2 is 1.81 bits per heavy atom. The molecule has 0 bridgehead atoms. The number of nitrogens with one attached hydrogen (secondary N) is 1. The highest BCUT2D eigenvalue weighted by atomic mass is 32.2. The van der Waals surface area contributed by atoms with Crippen molar-refractivity contribution in [3.8, 4) is 11.1 Å². The highest BCUT2D eigenvalue weighted by molar-refractivity contribution is 7.89. The monoisotopic (exact) mass is 445 g/mol. The molecule has 1 N–H and O–H groups in total. The SMILES string of the molecule is CCS(=O)(=O)N[C@H]1CCN(C(=O)N2CCC2)[C@H]1Cc1cccc(-c2cccc(F)c2)c1. The first-order chi connectivity index (χ1) is 14.9. The number of urea groups is 1. The van der Waals surface area contributed by atoms with E-state index < -0.39 is 10.0 Å². The second kappa shape index (κ2) is 8.96. The van der Waals surface area contributed by atoms with Gasteiger partial charge in [-0.25, -0.2) is 22.3 Å². The van der Waals surface area contributed by atoms with Crippen LogP contribution in [-0.4, -0.2) is 61.7 Å². The molecule has 0 aromatic heterocycles. The second-order valence-corrected chi connectivity index (χ2v) is 10.3. The van der Waals surface area contributed by atoms with Gasteiger partial charge < -0.3 is 9.80 Å². The first kappa shape index (κ1) is 21.8. The Morgan fingerprint density at radius 3 is 2.45 bits per heavy atom. The maximum Gasteiger partial charge on any atom is 0.320 e. The third-order valence-electron chi connectivity index (χ3n) is 6.16. The number of sulfonamides is 1. The normalized spacial score (nSPS) is 21.2. The highest BCUT2D eigenvalue weighted by Crippen LogP contribution is 2.28. The zero-order chi connectivity index (χ0) is 22.0. The Bertz CT molecular complexity index is 1060. The summed E-state index contributed by atoms with van der Waals surface area (Å²) in [6.45, 7) is 3.64. The molecule has 166 valence electrons. The van der Waals surface area contributed by atoms with Crippen LogP contribution in [0, 0.1) is 5.82 Å².